The van der Waals surface area contributed by atoms with Crippen molar-refractivity contribution in [2.24, 2.45) is 5.92 Å². The molecule has 16 heavy (non-hydrogen) atoms. The van der Waals surface area contributed by atoms with Crippen molar-refractivity contribution in [3.8, 4) is 0 Å². The number of hydrogen-bond donors (Lipinski definition) is 3. The van der Waals surface area contributed by atoms with Crippen molar-refractivity contribution in [1.82, 2.24) is 10.6 Å². The number of nitrogens with one attached hydrogen (secondary N) is 2. The molecule has 4 unspecified atom stereocenters. The minimum Gasteiger partial charge on any atom is -0.480 e. The summed E-state index contributed by atoms with van der Waals surface area (Å²) >= 11 is 0. The molecule has 2 heterocycles. The Labute approximate surface area is 94.6 Å². The number of hydrogen-bond acceptors (Lipinski definition) is 3. The summed E-state index contributed by atoms with van der Waals surface area (Å²) in [4.78, 5) is 22.7. The Bertz CT molecular complexity index is 306. The zero-order chi connectivity index (χ0) is 11.7. The maximum Gasteiger partial charge on any atom is 0.326 e. The van der Waals surface area contributed by atoms with E-state index >= 15 is 0 Å². The molecule has 2 bridgehead atoms. The van der Waals surface area contributed by atoms with E-state index in [1.165, 1.54) is 0 Å². The van der Waals surface area contributed by atoms with Crippen LogP contribution in [-0.4, -0.2) is 35.1 Å². The van der Waals surface area contributed by atoms with Crippen LogP contribution in [0, 0.1) is 5.92 Å². The summed E-state index contributed by atoms with van der Waals surface area (Å²) in [5.74, 6) is -1.09. The topological polar surface area (TPSA) is 78.4 Å². The molecule has 0 aromatic heterocycles. The first kappa shape index (κ1) is 11.4. The quantitative estimate of drug-likeness (QED) is 0.635. The molecule has 2 aliphatic rings. The zero-order valence-corrected chi connectivity index (χ0v) is 9.40. The van der Waals surface area contributed by atoms with Gasteiger partial charge >= 0.3 is 5.97 Å². The Kier molecular flexibility index (Phi) is 3.14. The Hall–Kier alpha value is -1.10. The van der Waals surface area contributed by atoms with Crippen molar-refractivity contribution in [2.45, 2.75) is 50.7 Å². The summed E-state index contributed by atoms with van der Waals surface area (Å²) in [5, 5.41) is 14.9. The monoisotopic (exact) mass is 226 g/mol. The highest BCUT2D eigenvalue weighted by Crippen LogP contribution is 2.33. The molecule has 2 aliphatic heterocycles. The van der Waals surface area contributed by atoms with Gasteiger partial charge in [0.05, 0.1) is 5.92 Å². The van der Waals surface area contributed by atoms with E-state index in [9.17, 15) is 9.59 Å². The molecule has 0 saturated carbocycles. The lowest BCUT2D eigenvalue weighted by Crippen LogP contribution is -2.45. The van der Waals surface area contributed by atoms with Gasteiger partial charge in [0.25, 0.3) is 0 Å². The van der Waals surface area contributed by atoms with E-state index in [4.69, 9.17) is 5.11 Å². The minimum absolute atomic E-state index is 0.0350. The second-order valence-corrected chi connectivity index (χ2v) is 4.70. The first-order valence-electron chi connectivity index (χ1n) is 5.91. The molecule has 0 aromatic rings. The standard InChI is InChI=1S/C11H18N2O3/c1-2-8(11(15)16)13-10(14)7-5-6-3-4-9(7)12-6/h6-9,12H,2-5H2,1H3,(H,13,14)(H,15,16). The van der Waals surface area contributed by atoms with Crippen molar-refractivity contribution in [2.75, 3.05) is 0 Å². The smallest absolute Gasteiger partial charge is 0.326 e. The fourth-order valence-electron chi connectivity index (χ4n) is 2.73. The molecule has 0 radical (unpaired) electrons. The van der Waals surface area contributed by atoms with Gasteiger partial charge in [-0.15, -0.1) is 0 Å². The summed E-state index contributed by atoms with van der Waals surface area (Å²) in [7, 11) is 0. The highest BCUT2D eigenvalue weighted by Gasteiger charge is 2.43. The van der Waals surface area contributed by atoms with Crippen molar-refractivity contribution in [1.29, 1.82) is 0 Å². The van der Waals surface area contributed by atoms with Gasteiger partial charge in [-0.25, -0.2) is 4.79 Å². The lowest BCUT2D eigenvalue weighted by molar-refractivity contribution is -0.142. The second-order valence-electron chi connectivity index (χ2n) is 4.70. The van der Waals surface area contributed by atoms with E-state index in [0.29, 0.717) is 12.5 Å². The van der Waals surface area contributed by atoms with Crippen molar-refractivity contribution in [3.63, 3.8) is 0 Å². The van der Waals surface area contributed by atoms with Crippen LogP contribution in [0.3, 0.4) is 0 Å². The van der Waals surface area contributed by atoms with Crippen LogP contribution in [0.4, 0.5) is 0 Å². The minimum atomic E-state index is -0.952. The first-order valence-corrected chi connectivity index (χ1v) is 5.91. The summed E-state index contributed by atoms with van der Waals surface area (Å²) in [5.41, 5.74) is 0. The first-order chi connectivity index (χ1) is 7.61. The molecule has 2 fully saturated rings. The van der Waals surface area contributed by atoms with Crippen LogP contribution >= 0.6 is 0 Å². The van der Waals surface area contributed by atoms with Crippen LogP contribution in [-0.2, 0) is 9.59 Å². The molecule has 2 saturated heterocycles. The van der Waals surface area contributed by atoms with Gasteiger partial charge in [-0.2, -0.15) is 0 Å². The highest BCUT2D eigenvalue weighted by atomic mass is 16.4. The Morgan fingerprint density at radius 2 is 2.25 bits per heavy atom. The van der Waals surface area contributed by atoms with E-state index in [1.54, 1.807) is 6.92 Å². The number of carbonyl (C=O) groups excluding carboxylic acids is 1. The van der Waals surface area contributed by atoms with Gasteiger partial charge in [0, 0.05) is 12.1 Å². The SMILES string of the molecule is CCC(NC(=O)C1CC2CCC1N2)C(=O)O. The molecular weight excluding hydrogens is 208 g/mol. The van der Waals surface area contributed by atoms with Crippen LogP contribution < -0.4 is 10.6 Å². The van der Waals surface area contributed by atoms with E-state index in [2.05, 4.69) is 10.6 Å². The van der Waals surface area contributed by atoms with E-state index in [-0.39, 0.29) is 17.9 Å². The number of amides is 1. The van der Waals surface area contributed by atoms with Crippen molar-refractivity contribution >= 4 is 11.9 Å². The lowest BCUT2D eigenvalue weighted by Gasteiger charge is -2.21. The molecule has 90 valence electrons. The third-order valence-electron chi connectivity index (χ3n) is 3.66. The molecule has 0 spiro atoms. The second kappa shape index (κ2) is 4.41. The molecule has 3 N–H and O–H groups in total. The third-order valence-corrected chi connectivity index (χ3v) is 3.66. The number of aliphatic carboxylic acids is 1. The van der Waals surface area contributed by atoms with Gasteiger partial charge < -0.3 is 15.7 Å². The Morgan fingerprint density at radius 3 is 2.69 bits per heavy atom. The average Bonchev–Trinajstić information content (AvgIpc) is 2.86. The molecule has 5 nitrogen and oxygen atoms in total. The average molecular weight is 226 g/mol. The van der Waals surface area contributed by atoms with Crippen LogP contribution in [0.2, 0.25) is 0 Å². The zero-order valence-electron chi connectivity index (χ0n) is 9.40. The fraction of sp³-hybridized carbons (Fsp3) is 0.818. The van der Waals surface area contributed by atoms with Gasteiger partial charge in [0.2, 0.25) is 5.91 Å². The Balaban J connectivity index is 1.90. The molecule has 1 amide bonds. The lowest BCUT2D eigenvalue weighted by atomic mass is 9.88. The predicted molar refractivity (Wildman–Crippen MR) is 57.9 cm³/mol. The maximum atomic E-state index is 11.9. The van der Waals surface area contributed by atoms with Crippen LogP contribution in [0.15, 0.2) is 0 Å². The predicted octanol–water partition coefficient (Wildman–Crippen LogP) is 0.106. The normalized spacial score (nSPS) is 33.7. The summed E-state index contributed by atoms with van der Waals surface area (Å²) in [6.45, 7) is 1.76. The van der Waals surface area contributed by atoms with Gasteiger partial charge in [-0.3, -0.25) is 4.79 Å². The number of rotatable bonds is 4. The molecular formula is C11H18N2O3. The van der Waals surface area contributed by atoms with E-state index in [0.717, 1.165) is 19.3 Å². The van der Waals surface area contributed by atoms with Gasteiger partial charge in [-0.1, -0.05) is 6.92 Å². The molecule has 0 aliphatic carbocycles. The third kappa shape index (κ3) is 2.04. The molecule has 5 heteroatoms. The van der Waals surface area contributed by atoms with E-state index < -0.39 is 12.0 Å². The van der Waals surface area contributed by atoms with Gasteiger partial charge in [0.1, 0.15) is 6.04 Å². The molecule has 0 aromatic carbocycles. The largest absolute Gasteiger partial charge is 0.480 e. The van der Waals surface area contributed by atoms with Gasteiger partial charge in [0.15, 0.2) is 0 Å². The summed E-state index contributed by atoms with van der Waals surface area (Å²) in [6, 6.07) is -0.0198. The summed E-state index contributed by atoms with van der Waals surface area (Å²) < 4.78 is 0. The van der Waals surface area contributed by atoms with Crippen LogP contribution in [0.1, 0.15) is 32.6 Å². The molecule has 2 rings (SSSR count). The highest BCUT2D eigenvalue weighted by molar-refractivity contribution is 5.85. The maximum absolute atomic E-state index is 11.9. The van der Waals surface area contributed by atoms with Crippen LogP contribution in [0.25, 0.3) is 0 Å². The van der Waals surface area contributed by atoms with Crippen LogP contribution in [0.5, 0.6) is 0 Å². The van der Waals surface area contributed by atoms with E-state index in [1.807, 2.05) is 0 Å². The Morgan fingerprint density at radius 1 is 1.50 bits per heavy atom. The molecule has 4 atom stereocenters. The fourth-order valence-corrected chi connectivity index (χ4v) is 2.73. The summed E-state index contributed by atoms with van der Waals surface area (Å²) in [6.07, 6.45) is 3.46. The number of carbonyl (C=O) groups is 2. The number of carboxylic acids is 1. The number of carboxylic acid groups (broad SMARTS) is 1. The van der Waals surface area contributed by atoms with Crippen molar-refractivity contribution in [3.05, 3.63) is 0 Å². The number of fused-ring (bicyclic) bond motifs is 2. The van der Waals surface area contributed by atoms with Gasteiger partial charge in [-0.05, 0) is 25.7 Å². The van der Waals surface area contributed by atoms with Crippen molar-refractivity contribution < 1.29 is 14.7 Å².